The molecule has 2 amide bonds. The lowest BCUT2D eigenvalue weighted by Gasteiger charge is -2.20. The molecule has 2 aromatic rings. The lowest BCUT2D eigenvalue weighted by atomic mass is 9.87. The third-order valence-electron chi connectivity index (χ3n) is 4.86. The zero-order valence-corrected chi connectivity index (χ0v) is 17.8. The Morgan fingerprint density at radius 3 is 2.17 bits per heavy atom. The number of rotatable bonds is 4. The molecule has 7 heteroatoms. The number of carbonyl (C=O) groups is 2. The summed E-state index contributed by atoms with van der Waals surface area (Å²) in [6.45, 7) is 9.86. The number of hydrogen-bond donors (Lipinski definition) is 3. The van der Waals surface area contributed by atoms with Crippen LogP contribution in [0.25, 0.3) is 0 Å². The van der Waals surface area contributed by atoms with E-state index in [4.69, 9.17) is 0 Å². The maximum Gasteiger partial charge on any atom is 0.282 e. The average molecular weight is 406 g/mol. The first-order valence-electron chi connectivity index (χ1n) is 9.65. The normalized spacial score (nSPS) is 15.7. The van der Waals surface area contributed by atoms with Crippen LogP contribution in [0.2, 0.25) is 0 Å². The summed E-state index contributed by atoms with van der Waals surface area (Å²) in [6, 6.07) is 13.6. The minimum atomic E-state index is -0.385. The molecule has 0 saturated carbocycles. The van der Waals surface area contributed by atoms with Crippen molar-refractivity contribution in [1.82, 2.24) is 10.9 Å². The smallest absolute Gasteiger partial charge is 0.282 e. The Morgan fingerprint density at radius 2 is 1.60 bits per heavy atom. The number of benzene rings is 2. The van der Waals surface area contributed by atoms with Crippen LogP contribution in [0, 0.1) is 0 Å². The summed E-state index contributed by atoms with van der Waals surface area (Å²) in [5, 5.41) is 15.1. The molecule has 0 fully saturated rings. The number of allylic oxidation sites excluding steroid dienone is 1. The average Bonchev–Trinajstić information content (AvgIpc) is 3.00. The molecule has 2 aromatic carbocycles. The van der Waals surface area contributed by atoms with Crippen LogP contribution in [0.3, 0.4) is 0 Å². The molecule has 0 bridgehead atoms. The fourth-order valence-corrected chi connectivity index (χ4v) is 3.11. The van der Waals surface area contributed by atoms with Gasteiger partial charge in [0.15, 0.2) is 0 Å². The Labute approximate surface area is 176 Å². The monoisotopic (exact) mass is 406 g/mol. The van der Waals surface area contributed by atoms with Crippen LogP contribution < -0.4 is 15.9 Å². The molecule has 3 rings (SSSR count). The third kappa shape index (κ3) is 4.35. The molecule has 1 heterocycles. The zero-order chi connectivity index (χ0) is 22.1. The van der Waals surface area contributed by atoms with Crippen LogP contribution in [0.5, 0.6) is 5.75 Å². The molecule has 1 aliphatic rings. The van der Waals surface area contributed by atoms with E-state index in [9.17, 15) is 14.7 Å². The molecule has 0 saturated heterocycles. The SMILES string of the molecule is CC1=NN(c2ccc(C(C)(C)C)cc2)C(=O)/C1=C(/C)NNC(=O)c1ccc(O)cc1. The van der Waals surface area contributed by atoms with Crippen LogP contribution in [0.4, 0.5) is 5.69 Å². The summed E-state index contributed by atoms with van der Waals surface area (Å²) < 4.78 is 0. The van der Waals surface area contributed by atoms with E-state index in [1.807, 2.05) is 24.3 Å². The topological polar surface area (TPSA) is 94.0 Å². The molecule has 0 aromatic heterocycles. The Bertz CT molecular complexity index is 1030. The van der Waals surface area contributed by atoms with E-state index in [1.165, 1.54) is 34.8 Å². The van der Waals surface area contributed by atoms with Gasteiger partial charge >= 0.3 is 0 Å². The summed E-state index contributed by atoms with van der Waals surface area (Å²) >= 11 is 0. The summed E-state index contributed by atoms with van der Waals surface area (Å²) in [6.07, 6.45) is 0. The lowest BCUT2D eigenvalue weighted by molar-refractivity contribution is -0.114. The zero-order valence-electron chi connectivity index (χ0n) is 17.8. The van der Waals surface area contributed by atoms with Gasteiger partial charge in [0.1, 0.15) is 5.75 Å². The van der Waals surface area contributed by atoms with Crippen LogP contribution >= 0.6 is 0 Å². The van der Waals surface area contributed by atoms with Crippen molar-refractivity contribution in [3.8, 4) is 5.75 Å². The van der Waals surface area contributed by atoms with Gasteiger partial charge in [0.2, 0.25) is 0 Å². The lowest BCUT2D eigenvalue weighted by Crippen LogP contribution is -2.37. The number of amides is 2. The maximum atomic E-state index is 13.0. The van der Waals surface area contributed by atoms with Crippen molar-refractivity contribution < 1.29 is 14.7 Å². The third-order valence-corrected chi connectivity index (χ3v) is 4.86. The molecule has 30 heavy (non-hydrogen) atoms. The highest BCUT2D eigenvalue weighted by Gasteiger charge is 2.31. The molecule has 0 aliphatic carbocycles. The standard InChI is InChI=1S/C23H26N4O3/c1-14(24-25-21(29)16-6-12-19(28)13-7-16)20-15(2)26-27(22(20)30)18-10-8-17(9-11-18)23(3,4)5/h6-13,24,28H,1-5H3,(H,25,29)/b20-14-. The second kappa shape index (κ2) is 8.02. The Kier molecular flexibility index (Phi) is 5.64. The number of hydrazine groups is 1. The molecule has 0 radical (unpaired) electrons. The van der Waals surface area contributed by atoms with E-state index in [0.717, 1.165) is 0 Å². The first kappa shape index (κ1) is 21.1. The van der Waals surface area contributed by atoms with Crippen molar-refractivity contribution >= 4 is 23.2 Å². The number of phenols is 1. The summed E-state index contributed by atoms with van der Waals surface area (Å²) in [5.41, 5.74) is 9.05. The summed E-state index contributed by atoms with van der Waals surface area (Å²) in [7, 11) is 0. The van der Waals surface area contributed by atoms with Crippen molar-refractivity contribution in [2.45, 2.75) is 40.0 Å². The van der Waals surface area contributed by atoms with Gasteiger partial charge in [-0.15, -0.1) is 0 Å². The highest BCUT2D eigenvalue weighted by atomic mass is 16.3. The van der Waals surface area contributed by atoms with Crippen molar-refractivity contribution in [3.05, 3.63) is 70.9 Å². The molecule has 156 valence electrons. The number of phenolic OH excluding ortho intramolecular Hbond substituents is 1. The quantitative estimate of drug-likeness (QED) is 0.534. The predicted molar refractivity (Wildman–Crippen MR) is 117 cm³/mol. The van der Waals surface area contributed by atoms with Crippen molar-refractivity contribution in [3.63, 3.8) is 0 Å². The van der Waals surface area contributed by atoms with Crippen LogP contribution in [-0.2, 0) is 10.2 Å². The van der Waals surface area contributed by atoms with Gasteiger partial charge in [-0.3, -0.25) is 15.0 Å². The van der Waals surface area contributed by atoms with Crippen molar-refractivity contribution in [2.75, 3.05) is 5.01 Å². The highest BCUT2D eigenvalue weighted by Crippen LogP contribution is 2.28. The molecule has 3 N–H and O–H groups in total. The van der Waals surface area contributed by atoms with E-state index in [1.54, 1.807) is 13.8 Å². The first-order valence-corrected chi connectivity index (χ1v) is 9.65. The number of nitrogens with zero attached hydrogens (tertiary/aromatic N) is 2. The molecular weight excluding hydrogens is 380 g/mol. The first-order chi connectivity index (χ1) is 14.1. The van der Waals surface area contributed by atoms with E-state index < -0.39 is 0 Å². The molecule has 7 nitrogen and oxygen atoms in total. The largest absolute Gasteiger partial charge is 0.508 e. The number of carbonyl (C=O) groups excluding carboxylic acids is 2. The molecule has 1 aliphatic heterocycles. The van der Waals surface area contributed by atoms with Crippen molar-refractivity contribution in [1.29, 1.82) is 0 Å². The number of anilines is 1. The maximum absolute atomic E-state index is 13.0. The van der Waals surface area contributed by atoms with E-state index >= 15 is 0 Å². The fraction of sp³-hybridized carbons (Fsp3) is 0.261. The van der Waals surface area contributed by atoms with Crippen LogP contribution in [0.1, 0.15) is 50.5 Å². The van der Waals surface area contributed by atoms with Gasteiger partial charge < -0.3 is 10.5 Å². The molecular formula is C23H26N4O3. The molecule has 0 unspecified atom stereocenters. The van der Waals surface area contributed by atoms with Gasteiger partial charge in [-0.05, 0) is 61.2 Å². The molecule has 0 atom stereocenters. The molecule has 0 spiro atoms. The number of hydrazone groups is 1. The number of nitrogens with one attached hydrogen (secondary N) is 2. The van der Waals surface area contributed by atoms with Crippen molar-refractivity contribution in [2.24, 2.45) is 5.10 Å². The second-order valence-corrected chi connectivity index (χ2v) is 8.23. The minimum absolute atomic E-state index is 0.0218. The summed E-state index contributed by atoms with van der Waals surface area (Å²) in [4.78, 5) is 25.2. The van der Waals surface area contributed by atoms with Gasteiger partial charge in [0.25, 0.3) is 11.8 Å². The van der Waals surface area contributed by atoms with Gasteiger partial charge in [-0.2, -0.15) is 10.1 Å². The van der Waals surface area contributed by atoms with Crippen LogP contribution in [0.15, 0.2) is 64.9 Å². The number of hydrogen-bond acceptors (Lipinski definition) is 5. The Morgan fingerprint density at radius 1 is 1.00 bits per heavy atom. The van der Waals surface area contributed by atoms with Gasteiger partial charge in [0.05, 0.1) is 17.0 Å². The van der Waals surface area contributed by atoms with Gasteiger partial charge in [0, 0.05) is 11.3 Å². The Balaban J connectivity index is 1.74. The minimum Gasteiger partial charge on any atom is -0.508 e. The van der Waals surface area contributed by atoms with E-state index in [-0.39, 0.29) is 23.0 Å². The van der Waals surface area contributed by atoms with E-state index in [0.29, 0.717) is 28.2 Å². The highest BCUT2D eigenvalue weighted by molar-refractivity contribution is 6.30. The van der Waals surface area contributed by atoms with E-state index in [2.05, 4.69) is 36.7 Å². The van der Waals surface area contributed by atoms with Gasteiger partial charge in [-0.25, -0.2) is 0 Å². The second-order valence-electron chi connectivity index (χ2n) is 8.23. The van der Waals surface area contributed by atoms with Gasteiger partial charge in [-0.1, -0.05) is 32.9 Å². The van der Waals surface area contributed by atoms with Crippen LogP contribution in [-0.4, -0.2) is 22.6 Å². The number of aromatic hydroxyl groups is 1. The Hall–Kier alpha value is -3.61. The summed E-state index contributed by atoms with van der Waals surface area (Å²) in [5.74, 6) is -0.568. The fourth-order valence-electron chi connectivity index (χ4n) is 3.11. The predicted octanol–water partition coefficient (Wildman–Crippen LogP) is 3.62.